The van der Waals surface area contributed by atoms with Crippen LogP contribution in [0.15, 0.2) is 4.99 Å². The molecule has 170 valence electrons. The molecule has 29 heavy (non-hydrogen) atoms. The second kappa shape index (κ2) is 16.1. The summed E-state index contributed by atoms with van der Waals surface area (Å²) in [4.78, 5) is 18.8. The Kier molecular flexibility index (Phi) is 14.7. The van der Waals surface area contributed by atoms with Crippen molar-refractivity contribution in [1.29, 1.82) is 0 Å². The molecule has 2 N–H and O–H groups in total. The van der Waals surface area contributed by atoms with Crippen LogP contribution in [0.5, 0.6) is 0 Å². The van der Waals surface area contributed by atoms with Crippen molar-refractivity contribution in [2.75, 3.05) is 53.6 Å². The normalized spacial score (nSPS) is 19.0. The van der Waals surface area contributed by atoms with Crippen molar-refractivity contribution in [3.8, 4) is 0 Å². The summed E-state index contributed by atoms with van der Waals surface area (Å²) in [6.07, 6.45) is 10.3. The molecule has 1 aliphatic carbocycles. The molecule has 1 saturated carbocycles. The van der Waals surface area contributed by atoms with Gasteiger partial charge < -0.3 is 25.0 Å². The van der Waals surface area contributed by atoms with Crippen LogP contribution in [0.3, 0.4) is 0 Å². The molecule has 1 aliphatic heterocycles. The van der Waals surface area contributed by atoms with Gasteiger partial charge in [-0.05, 0) is 38.0 Å². The fourth-order valence-electron chi connectivity index (χ4n) is 4.12. The number of nitrogens with zero attached hydrogens (tertiary/aromatic N) is 2. The monoisotopic (exact) mass is 524 g/mol. The summed E-state index contributed by atoms with van der Waals surface area (Å²) >= 11 is 0. The van der Waals surface area contributed by atoms with Crippen LogP contribution in [-0.4, -0.2) is 76.4 Å². The summed E-state index contributed by atoms with van der Waals surface area (Å²) in [6, 6.07) is 0. The molecule has 1 heterocycles. The van der Waals surface area contributed by atoms with E-state index in [1.807, 2.05) is 7.05 Å². The predicted molar refractivity (Wildman–Crippen MR) is 128 cm³/mol. The van der Waals surface area contributed by atoms with E-state index in [2.05, 4.69) is 20.5 Å². The van der Waals surface area contributed by atoms with E-state index in [-0.39, 0.29) is 29.9 Å². The van der Waals surface area contributed by atoms with E-state index in [4.69, 9.17) is 9.47 Å². The predicted octanol–water partition coefficient (Wildman–Crippen LogP) is 2.78. The minimum absolute atomic E-state index is 0. The maximum Gasteiger partial charge on any atom is 0.220 e. The van der Waals surface area contributed by atoms with Crippen LogP contribution in [0.1, 0.15) is 57.8 Å². The number of amides is 1. The summed E-state index contributed by atoms with van der Waals surface area (Å²) in [5.74, 6) is 1.70. The van der Waals surface area contributed by atoms with Crippen molar-refractivity contribution in [2.24, 2.45) is 10.9 Å². The second-order valence-corrected chi connectivity index (χ2v) is 7.94. The number of hydrogen-bond acceptors (Lipinski definition) is 4. The minimum atomic E-state index is 0. The van der Waals surface area contributed by atoms with E-state index in [0.29, 0.717) is 31.5 Å². The molecule has 0 unspecified atom stereocenters. The van der Waals surface area contributed by atoms with E-state index in [1.54, 1.807) is 7.11 Å². The Labute approximate surface area is 193 Å². The van der Waals surface area contributed by atoms with Crippen molar-refractivity contribution < 1.29 is 14.3 Å². The highest BCUT2D eigenvalue weighted by Gasteiger charge is 2.22. The van der Waals surface area contributed by atoms with Gasteiger partial charge in [0.1, 0.15) is 0 Å². The zero-order chi connectivity index (χ0) is 20.0. The Bertz CT molecular complexity index is 465. The number of methoxy groups -OCH3 is 1. The van der Waals surface area contributed by atoms with Gasteiger partial charge in [-0.15, -0.1) is 24.0 Å². The highest BCUT2D eigenvalue weighted by atomic mass is 127. The van der Waals surface area contributed by atoms with Gasteiger partial charge in [-0.2, -0.15) is 0 Å². The molecule has 0 atom stereocenters. The van der Waals surface area contributed by atoms with Crippen LogP contribution >= 0.6 is 24.0 Å². The number of aliphatic imine (C=N–C) groups is 1. The molecule has 2 fully saturated rings. The van der Waals surface area contributed by atoms with Crippen LogP contribution in [0, 0.1) is 5.92 Å². The van der Waals surface area contributed by atoms with E-state index >= 15 is 0 Å². The topological polar surface area (TPSA) is 75.2 Å². The second-order valence-electron chi connectivity index (χ2n) is 7.94. The fourth-order valence-corrected chi connectivity index (χ4v) is 4.12. The van der Waals surface area contributed by atoms with Gasteiger partial charge in [0.15, 0.2) is 5.96 Å². The van der Waals surface area contributed by atoms with Crippen molar-refractivity contribution in [3.05, 3.63) is 0 Å². The van der Waals surface area contributed by atoms with Crippen LogP contribution in [0.4, 0.5) is 0 Å². The molecule has 0 aromatic carbocycles. The molecule has 0 spiro atoms. The molecular formula is C21H41IN4O3. The van der Waals surface area contributed by atoms with Crippen molar-refractivity contribution in [2.45, 2.75) is 63.9 Å². The van der Waals surface area contributed by atoms with Gasteiger partial charge in [0.05, 0.1) is 6.10 Å². The minimum Gasteiger partial charge on any atom is -0.385 e. The molecule has 0 aromatic heterocycles. The summed E-state index contributed by atoms with van der Waals surface area (Å²) in [5, 5.41) is 6.42. The SMILES string of the molecule is CN=C(NCCNC(=O)CC1CCCCC1)N1CCC(OCCCOC)CC1.I. The van der Waals surface area contributed by atoms with Crippen LogP contribution in [0.25, 0.3) is 0 Å². The van der Waals surface area contributed by atoms with Gasteiger partial charge in [-0.1, -0.05) is 19.3 Å². The summed E-state index contributed by atoms with van der Waals surface area (Å²) in [6.45, 7) is 4.77. The molecule has 1 saturated heterocycles. The Morgan fingerprint density at radius 3 is 2.38 bits per heavy atom. The van der Waals surface area contributed by atoms with Gasteiger partial charge in [0.25, 0.3) is 0 Å². The number of hydrogen-bond donors (Lipinski definition) is 2. The highest BCUT2D eigenvalue weighted by molar-refractivity contribution is 14.0. The first-order chi connectivity index (χ1) is 13.7. The maximum atomic E-state index is 12.1. The van der Waals surface area contributed by atoms with Crippen molar-refractivity contribution >= 4 is 35.8 Å². The fraction of sp³-hybridized carbons (Fsp3) is 0.905. The first-order valence-corrected chi connectivity index (χ1v) is 11.1. The van der Waals surface area contributed by atoms with Crippen LogP contribution in [-0.2, 0) is 14.3 Å². The number of guanidine groups is 1. The third-order valence-electron chi connectivity index (χ3n) is 5.73. The number of piperidine rings is 1. The Balaban J connectivity index is 0.00000420. The maximum absolute atomic E-state index is 12.1. The van der Waals surface area contributed by atoms with Crippen LogP contribution in [0.2, 0.25) is 0 Å². The van der Waals surface area contributed by atoms with Gasteiger partial charge in [0, 0.05) is 60.0 Å². The first kappa shape index (κ1) is 26.4. The zero-order valence-corrected chi connectivity index (χ0v) is 20.6. The summed E-state index contributed by atoms with van der Waals surface area (Å²) in [7, 11) is 3.54. The van der Waals surface area contributed by atoms with E-state index in [9.17, 15) is 4.79 Å². The number of nitrogens with one attached hydrogen (secondary N) is 2. The van der Waals surface area contributed by atoms with E-state index < -0.39 is 0 Å². The molecule has 0 aromatic rings. The smallest absolute Gasteiger partial charge is 0.220 e. The van der Waals surface area contributed by atoms with Gasteiger partial charge in [0.2, 0.25) is 5.91 Å². The van der Waals surface area contributed by atoms with Gasteiger partial charge >= 0.3 is 0 Å². The zero-order valence-electron chi connectivity index (χ0n) is 18.3. The number of halogens is 1. The Hall–Kier alpha value is -0.610. The third-order valence-corrected chi connectivity index (χ3v) is 5.73. The third kappa shape index (κ3) is 10.8. The molecule has 8 heteroatoms. The van der Waals surface area contributed by atoms with E-state index in [0.717, 1.165) is 51.5 Å². The average molecular weight is 524 g/mol. The number of carbonyl (C=O) groups is 1. The largest absolute Gasteiger partial charge is 0.385 e. The van der Waals surface area contributed by atoms with Crippen LogP contribution < -0.4 is 10.6 Å². The lowest BCUT2D eigenvalue weighted by Crippen LogP contribution is -2.48. The first-order valence-electron chi connectivity index (χ1n) is 11.1. The lowest BCUT2D eigenvalue weighted by Gasteiger charge is -2.34. The number of likely N-dealkylation sites (tertiary alicyclic amines) is 1. The Morgan fingerprint density at radius 1 is 1.03 bits per heavy atom. The summed E-state index contributed by atoms with van der Waals surface area (Å²) < 4.78 is 11.0. The molecule has 2 aliphatic rings. The molecule has 2 rings (SSSR count). The van der Waals surface area contributed by atoms with Gasteiger partial charge in [-0.25, -0.2) is 0 Å². The van der Waals surface area contributed by atoms with Crippen molar-refractivity contribution in [1.82, 2.24) is 15.5 Å². The lowest BCUT2D eigenvalue weighted by molar-refractivity contribution is -0.122. The quantitative estimate of drug-likeness (QED) is 0.199. The Morgan fingerprint density at radius 2 is 1.72 bits per heavy atom. The number of rotatable bonds is 10. The van der Waals surface area contributed by atoms with Crippen molar-refractivity contribution in [3.63, 3.8) is 0 Å². The molecule has 1 amide bonds. The number of carbonyl (C=O) groups excluding carboxylic acids is 1. The number of ether oxygens (including phenoxy) is 2. The van der Waals surface area contributed by atoms with E-state index in [1.165, 1.54) is 32.1 Å². The van der Waals surface area contributed by atoms with Gasteiger partial charge in [-0.3, -0.25) is 9.79 Å². The lowest BCUT2D eigenvalue weighted by atomic mass is 9.87. The molecule has 0 bridgehead atoms. The molecule has 7 nitrogen and oxygen atoms in total. The molecular weight excluding hydrogens is 483 g/mol. The highest BCUT2D eigenvalue weighted by Crippen LogP contribution is 2.25. The summed E-state index contributed by atoms with van der Waals surface area (Å²) in [5.41, 5.74) is 0. The molecule has 0 radical (unpaired) electrons. The standard InChI is InChI=1S/C21H40N4O3.HI/c1-22-21(25-13-9-19(10-14-25)28-16-6-15-27-2)24-12-11-23-20(26)17-18-7-4-3-5-8-18;/h18-19H,3-17H2,1-2H3,(H,22,24)(H,23,26);1H. The average Bonchev–Trinajstić information content (AvgIpc) is 2.73.